The fraction of sp³-hybridized carbons (Fsp3) is 0. The third-order valence-electron chi connectivity index (χ3n) is 0. The zero-order valence-corrected chi connectivity index (χ0v) is 15.3. The fourth-order valence-corrected chi connectivity index (χ4v) is 0. The van der Waals surface area contributed by atoms with Gasteiger partial charge in [-0.25, -0.2) is 0 Å². The van der Waals surface area contributed by atoms with Crippen LogP contribution >= 0.6 is 0 Å². The molecule has 0 aliphatic heterocycles. The van der Waals surface area contributed by atoms with E-state index in [0.29, 0.717) is 0 Å². The molecule has 27 valence electrons. The number of hydrogen-bond acceptors (Lipinski definition) is 0. The maximum absolute atomic E-state index is 0. The van der Waals surface area contributed by atoms with Gasteiger partial charge in [-0.05, 0) is 11.0 Å². The molecule has 6 heavy (non-hydrogen) atoms. The molecule has 0 bridgehead atoms. The van der Waals surface area contributed by atoms with Crippen LogP contribution in [0, 0.1) is 0 Å². The van der Waals surface area contributed by atoms with E-state index >= 15 is 0 Å². The van der Waals surface area contributed by atoms with Crippen LogP contribution in [0.2, 0.25) is 0 Å². The van der Waals surface area contributed by atoms with Crippen molar-refractivity contribution in [3.63, 3.8) is 0 Å². The van der Waals surface area contributed by atoms with Gasteiger partial charge in [-0.3, -0.25) is 0 Å². The molecule has 0 heterocycles. The Hall–Kier alpha value is 3.49. The van der Waals surface area contributed by atoms with Crippen LogP contribution in [0.4, 0.5) is 0 Å². The third kappa shape index (κ3) is 25.9. The first kappa shape index (κ1) is 56.2. The maximum Gasteiger partial charge on any atom is 0 e. The van der Waals surface area contributed by atoms with Crippen LogP contribution in [0.15, 0.2) is 0 Å². The predicted molar refractivity (Wildman–Crippen MR) is 15.7 cm³/mol. The Morgan fingerprint density at radius 1 is 1.00 bits per heavy atom. The first-order valence-corrected chi connectivity index (χ1v) is 0. The maximum atomic E-state index is 0. The van der Waals surface area contributed by atoms with Gasteiger partial charge in [0.25, 0.3) is 0 Å². The summed E-state index contributed by atoms with van der Waals surface area (Å²) in [7, 11) is 0. The van der Waals surface area contributed by atoms with Gasteiger partial charge in [0.1, 0.15) is 0 Å². The monoisotopic (exact) mass is 453 g/mol. The van der Waals surface area contributed by atoms with E-state index in [9.17, 15) is 0 Å². The van der Waals surface area contributed by atoms with Crippen LogP contribution in [-0.4, -0.2) is 19.4 Å². The predicted octanol–water partition coefficient (Wildman–Crippen LogP) is -1.57. The second-order valence-corrected chi connectivity index (χ2v) is 0. The Balaban J connectivity index is 0. The van der Waals surface area contributed by atoms with Gasteiger partial charge in [0.2, 0.25) is 0 Å². The van der Waals surface area contributed by atoms with Gasteiger partial charge in [0, 0.05) is 105 Å². The van der Waals surface area contributed by atoms with Crippen LogP contribution in [0.3, 0.4) is 0 Å². The van der Waals surface area contributed by atoms with Gasteiger partial charge >= 0.3 is 0 Å². The molecule has 0 unspecified atom stereocenters. The zero-order chi connectivity index (χ0) is 0. The molecule has 0 N–H and O–H groups in total. The molecule has 0 aliphatic carbocycles. The second-order valence-electron chi connectivity index (χ2n) is 0. The van der Waals surface area contributed by atoms with Crippen LogP contribution in [0.5, 0.6) is 0 Å². The Labute approximate surface area is 113 Å². The average Bonchev–Trinajstić information content (AvgIpc) is 0. The summed E-state index contributed by atoms with van der Waals surface area (Å²) in [4.78, 5) is 0. The normalized spacial score (nSPS) is 0. The van der Waals surface area contributed by atoms with Gasteiger partial charge < -0.3 is 0 Å². The average molecular weight is 452 g/mol. The van der Waals surface area contributed by atoms with Gasteiger partial charge in [0.15, 0.2) is 0 Å². The Morgan fingerprint density at radius 2 is 1.00 bits per heavy atom. The molecule has 0 rings (SSSR count). The van der Waals surface area contributed by atoms with Gasteiger partial charge in [-0.2, -0.15) is 0 Å². The summed E-state index contributed by atoms with van der Waals surface area (Å²) in [5.41, 5.74) is 0. The van der Waals surface area contributed by atoms with E-state index in [1.165, 1.54) is 0 Å². The molecule has 0 spiro atoms. The van der Waals surface area contributed by atoms with Crippen molar-refractivity contribution in [1.82, 2.24) is 0 Å². The number of hydrogen-bond donors (Lipinski definition) is 0. The van der Waals surface area contributed by atoms with Gasteiger partial charge in [-0.1, -0.05) is 0 Å². The number of rotatable bonds is 0. The van der Waals surface area contributed by atoms with Crippen LogP contribution < -0.4 is 0 Å². The molecule has 0 fully saturated rings. The largest absolute Gasteiger partial charge is 0.0125 e. The van der Waals surface area contributed by atoms with Crippen molar-refractivity contribution in [2.24, 2.45) is 0 Å². The minimum atomic E-state index is 0. The van der Waals surface area contributed by atoms with Crippen molar-refractivity contribution in [2.45, 2.75) is 0 Å². The molecular weight excluding hydrogens is 449 g/mol. The van der Waals surface area contributed by atoms with Gasteiger partial charge in [0.05, 0.1) is 0 Å². The fourth-order valence-electron chi connectivity index (χ4n) is 0. The first-order valence-electron chi connectivity index (χ1n) is 0. The van der Waals surface area contributed by atoms with E-state index in [0.717, 1.165) is 0 Å². The standard InChI is InChI=1S/B.Hf.Nb.H3Si.Ti.Zr/h;;;1H3;;. The third-order valence-corrected chi connectivity index (χ3v) is 0. The second kappa shape index (κ2) is 39.1. The zero-order valence-electron chi connectivity index (χ0n) is 3.52. The molecule has 0 aromatic carbocycles. The van der Waals surface area contributed by atoms with Crippen molar-refractivity contribution >= 4 is 19.4 Å². The van der Waals surface area contributed by atoms with E-state index < -0.39 is 0 Å². The molecule has 0 aromatic heterocycles. The molecule has 0 saturated heterocycles. The van der Waals surface area contributed by atoms with Gasteiger partial charge in [-0.15, -0.1) is 0 Å². The van der Waals surface area contributed by atoms with E-state index in [4.69, 9.17) is 0 Å². The van der Waals surface area contributed by atoms with Crippen molar-refractivity contribution in [3.05, 3.63) is 0 Å². The quantitative estimate of drug-likeness (QED) is 0.390. The summed E-state index contributed by atoms with van der Waals surface area (Å²) in [6.45, 7) is 0. The van der Waals surface area contributed by atoms with E-state index in [1.54, 1.807) is 0 Å². The van der Waals surface area contributed by atoms with Crippen molar-refractivity contribution in [1.29, 1.82) is 0 Å². The smallest absolute Gasteiger partial charge is 0 e. The first-order chi connectivity index (χ1) is 0. The molecule has 0 atom stereocenters. The Bertz CT molecular complexity index is 15.5. The minimum absolute atomic E-state index is 0. The SMILES string of the molecule is [B].[Hf].[Nb].[SiH3].[Ti].[Zr]. The molecule has 0 saturated carbocycles. The Morgan fingerprint density at radius 3 is 1.00 bits per heavy atom. The summed E-state index contributed by atoms with van der Waals surface area (Å²) in [5.74, 6) is 0. The topological polar surface area (TPSA) is 0 Å². The van der Waals surface area contributed by atoms with Crippen molar-refractivity contribution in [3.8, 4) is 0 Å². The molecule has 5 radical (unpaired) electrons. The molecule has 0 amide bonds. The summed E-state index contributed by atoms with van der Waals surface area (Å²) < 4.78 is 0. The molecule has 0 nitrogen and oxygen atoms in total. The van der Waals surface area contributed by atoms with Crippen LogP contribution in [-0.2, 0) is 96.1 Å². The molecule has 0 aliphatic rings. The van der Waals surface area contributed by atoms with Crippen LogP contribution in [0.25, 0.3) is 0 Å². The summed E-state index contributed by atoms with van der Waals surface area (Å²) >= 11 is 0. The van der Waals surface area contributed by atoms with E-state index in [1.807, 2.05) is 0 Å². The summed E-state index contributed by atoms with van der Waals surface area (Å²) in [6, 6.07) is 0. The van der Waals surface area contributed by atoms with Crippen molar-refractivity contribution in [2.75, 3.05) is 0 Å². The summed E-state index contributed by atoms with van der Waals surface area (Å²) in [6.07, 6.45) is 0. The van der Waals surface area contributed by atoms with Crippen LogP contribution in [0.1, 0.15) is 0 Å². The van der Waals surface area contributed by atoms with Crippen molar-refractivity contribution < 1.29 is 96.1 Å². The minimum Gasteiger partial charge on any atom is -0.0125 e. The Kier molecular flexibility index (Phi) is 366. The molecule has 6 heteroatoms. The summed E-state index contributed by atoms with van der Waals surface area (Å²) in [5, 5.41) is 0. The van der Waals surface area contributed by atoms with E-state index in [2.05, 4.69) is 0 Å². The molecule has 0 aromatic rings. The molecular formula is H3BHfNbSiTiZr. The van der Waals surface area contributed by atoms with E-state index in [-0.39, 0.29) is 116 Å².